The van der Waals surface area contributed by atoms with Gasteiger partial charge in [0.2, 0.25) is 5.91 Å². The zero-order valence-corrected chi connectivity index (χ0v) is 5.60. The van der Waals surface area contributed by atoms with Crippen molar-refractivity contribution in [3.8, 4) is 0 Å². The first-order chi connectivity index (χ1) is 4.63. The van der Waals surface area contributed by atoms with E-state index >= 15 is 0 Å². The largest absolute Gasteiger partial charge is 0.356 e. The summed E-state index contributed by atoms with van der Waals surface area (Å²) in [6, 6.07) is 0. The van der Waals surface area contributed by atoms with Gasteiger partial charge in [0.25, 0.3) is 0 Å². The van der Waals surface area contributed by atoms with Crippen LogP contribution >= 0.6 is 0 Å². The second-order valence-corrected chi connectivity index (χ2v) is 2.49. The topological polar surface area (TPSA) is 29.1 Å². The molecule has 1 saturated carbocycles. The van der Waals surface area contributed by atoms with E-state index in [-0.39, 0.29) is 12.5 Å². The lowest BCUT2D eigenvalue weighted by atomic mass is 10.4. The van der Waals surface area contributed by atoms with Crippen LogP contribution in [0.3, 0.4) is 0 Å². The molecule has 2 unspecified atom stereocenters. The van der Waals surface area contributed by atoms with Crippen molar-refractivity contribution in [1.29, 1.82) is 0 Å². The first-order valence-corrected chi connectivity index (χ1v) is 3.15. The van der Waals surface area contributed by atoms with Crippen LogP contribution < -0.4 is 5.32 Å². The van der Waals surface area contributed by atoms with Gasteiger partial charge in [-0.3, -0.25) is 4.79 Å². The number of rotatable bonds is 2. The molecular formula is C6H9F2NO. The van der Waals surface area contributed by atoms with E-state index in [9.17, 15) is 13.6 Å². The molecule has 4 heteroatoms. The summed E-state index contributed by atoms with van der Waals surface area (Å²) < 4.78 is 24.2. The van der Waals surface area contributed by atoms with Crippen LogP contribution in [0.1, 0.15) is 6.92 Å². The predicted molar refractivity (Wildman–Crippen MR) is 32.0 cm³/mol. The molecule has 1 aliphatic carbocycles. The van der Waals surface area contributed by atoms with E-state index in [1.807, 2.05) is 0 Å². The van der Waals surface area contributed by atoms with Gasteiger partial charge in [0.15, 0.2) is 0 Å². The molecule has 0 saturated heterocycles. The molecule has 58 valence electrons. The Bertz CT molecular complexity index is 143. The van der Waals surface area contributed by atoms with Crippen molar-refractivity contribution in [2.75, 3.05) is 6.54 Å². The van der Waals surface area contributed by atoms with Crippen LogP contribution in [0, 0.1) is 5.92 Å². The lowest BCUT2D eigenvalue weighted by Gasteiger charge is -1.95. The van der Waals surface area contributed by atoms with Crippen LogP contribution in [0.2, 0.25) is 0 Å². The third-order valence-electron chi connectivity index (χ3n) is 1.57. The Balaban J connectivity index is 2.11. The smallest absolute Gasteiger partial charge is 0.216 e. The molecule has 1 fully saturated rings. The molecule has 0 aromatic carbocycles. The molecule has 1 N–H and O–H groups in total. The van der Waals surface area contributed by atoms with Crippen LogP contribution in [0.15, 0.2) is 0 Å². The number of carbonyl (C=O) groups is 1. The summed E-state index contributed by atoms with van der Waals surface area (Å²) in [6.07, 6.45) is -2.71. The Morgan fingerprint density at radius 2 is 2.00 bits per heavy atom. The number of amides is 1. The van der Waals surface area contributed by atoms with E-state index in [0.29, 0.717) is 0 Å². The molecule has 0 aromatic rings. The number of hydrogen-bond donors (Lipinski definition) is 1. The quantitative estimate of drug-likeness (QED) is 0.606. The highest BCUT2D eigenvalue weighted by atomic mass is 19.2. The van der Waals surface area contributed by atoms with Gasteiger partial charge in [-0.2, -0.15) is 0 Å². The maximum atomic E-state index is 12.1. The monoisotopic (exact) mass is 149 g/mol. The van der Waals surface area contributed by atoms with Gasteiger partial charge in [-0.05, 0) is 0 Å². The molecule has 1 amide bonds. The summed E-state index contributed by atoms with van der Waals surface area (Å²) in [5, 5.41) is 2.35. The molecule has 0 spiro atoms. The summed E-state index contributed by atoms with van der Waals surface area (Å²) in [4.78, 5) is 10.2. The molecule has 1 rings (SSSR count). The van der Waals surface area contributed by atoms with Crippen molar-refractivity contribution in [3.05, 3.63) is 0 Å². The SMILES string of the molecule is CC(=O)NCC1C(F)C1F. The van der Waals surface area contributed by atoms with Crippen molar-refractivity contribution in [1.82, 2.24) is 5.32 Å². The Morgan fingerprint density at radius 3 is 2.30 bits per heavy atom. The number of alkyl halides is 2. The molecule has 10 heavy (non-hydrogen) atoms. The second-order valence-electron chi connectivity index (χ2n) is 2.49. The number of halogens is 2. The van der Waals surface area contributed by atoms with E-state index in [4.69, 9.17) is 0 Å². The number of nitrogens with one attached hydrogen (secondary N) is 1. The lowest BCUT2D eigenvalue weighted by Crippen LogP contribution is -2.23. The minimum Gasteiger partial charge on any atom is -0.356 e. The molecule has 0 aliphatic heterocycles. The predicted octanol–water partition coefficient (Wildman–Crippen LogP) is 0.429. The summed E-state index contributed by atoms with van der Waals surface area (Å²) in [6.45, 7) is 1.44. The fraction of sp³-hybridized carbons (Fsp3) is 0.833. The first kappa shape index (κ1) is 7.44. The Labute approximate surface area is 57.6 Å². The van der Waals surface area contributed by atoms with Gasteiger partial charge >= 0.3 is 0 Å². The zero-order valence-electron chi connectivity index (χ0n) is 5.60. The fourth-order valence-electron chi connectivity index (χ4n) is 0.780. The Kier molecular flexibility index (Phi) is 1.87. The van der Waals surface area contributed by atoms with Gasteiger partial charge in [0.1, 0.15) is 12.3 Å². The van der Waals surface area contributed by atoms with Crippen LogP contribution in [0.25, 0.3) is 0 Å². The third kappa shape index (κ3) is 1.43. The summed E-state index contributed by atoms with van der Waals surface area (Å²) >= 11 is 0. The van der Waals surface area contributed by atoms with Crippen molar-refractivity contribution in [2.45, 2.75) is 19.3 Å². The molecule has 2 atom stereocenters. The van der Waals surface area contributed by atoms with Crippen LogP contribution in [0.5, 0.6) is 0 Å². The molecule has 0 heterocycles. The number of hydrogen-bond acceptors (Lipinski definition) is 1. The van der Waals surface area contributed by atoms with E-state index < -0.39 is 18.3 Å². The Hall–Kier alpha value is -0.670. The summed E-state index contributed by atoms with van der Waals surface area (Å²) in [5.74, 6) is -0.838. The molecule has 2 nitrogen and oxygen atoms in total. The van der Waals surface area contributed by atoms with Crippen LogP contribution in [0.4, 0.5) is 8.78 Å². The molecule has 0 bridgehead atoms. The molecule has 0 radical (unpaired) electrons. The second kappa shape index (κ2) is 2.52. The van der Waals surface area contributed by atoms with Gasteiger partial charge in [-0.25, -0.2) is 8.78 Å². The van der Waals surface area contributed by atoms with E-state index in [2.05, 4.69) is 5.32 Å². The van der Waals surface area contributed by atoms with E-state index in [1.54, 1.807) is 0 Å². The standard InChI is InChI=1S/C6H9F2NO/c1-3(10)9-2-4-5(7)6(4)8/h4-6H,2H2,1H3,(H,9,10). The minimum atomic E-state index is -1.35. The maximum Gasteiger partial charge on any atom is 0.216 e. The van der Waals surface area contributed by atoms with Gasteiger partial charge in [-0.15, -0.1) is 0 Å². The zero-order chi connectivity index (χ0) is 7.72. The lowest BCUT2D eigenvalue weighted by molar-refractivity contribution is -0.119. The van der Waals surface area contributed by atoms with Gasteiger partial charge < -0.3 is 5.32 Å². The maximum absolute atomic E-state index is 12.1. The number of carbonyl (C=O) groups excluding carboxylic acids is 1. The van der Waals surface area contributed by atoms with E-state index in [0.717, 1.165) is 0 Å². The Morgan fingerprint density at radius 1 is 1.50 bits per heavy atom. The average Bonchev–Trinajstić information content (AvgIpc) is 2.38. The third-order valence-corrected chi connectivity index (χ3v) is 1.57. The van der Waals surface area contributed by atoms with Crippen molar-refractivity contribution >= 4 is 5.91 Å². The van der Waals surface area contributed by atoms with Crippen LogP contribution in [-0.2, 0) is 4.79 Å². The van der Waals surface area contributed by atoms with Crippen molar-refractivity contribution < 1.29 is 13.6 Å². The summed E-state index contributed by atoms with van der Waals surface area (Å²) in [7, 11) is 0. The van der Waals surface area contributed by atoms with Crippen molar-refractivity contribution in [3.63, 3.8) is 0 Å². The highest BCUT2D eigenvalue weighted by molar-refractivity contribution is 5.72. The molecule has 0 aromatic heterocycles. The van der Waals surface area contributed by atoms with Crippen molar-refractivity contribution in [2.24, 2.45) is 5.92 Å². The highest BCUT2D eigenvalue weighted by Crippen LogP contribution is 2.36. The highest BCUT2D eigenvalue weighted by Gasteiger charge is 2.51. The molecular weight excluding hydrogens is 140 g/mol. The van der Waals surface area contributed by atoms with Gasteiger partial charge in [0, 0.05) is 19.4 Å². The average molecular weight is 149 g/mol. The molecule has 1 aliphatic rings. The first-order valence-electron chi connectivity index (χ1n) is 3.15. The van der Waals surface area contributed by atoms with E-state index in [1.165, 1.54) is 6.92 Å². The van der Waals surface area contributed by atoms with Crippen LogP contribution in [-0.4, -0.2) is 24.8 Å². The normalized spacial score (nSPS) is 37.3. The van der Waals surface area contributed by atoms with Gasteiger partial charge in [0.05, 0.1) is 0 Å². The fourth-order valence-corrected chi connectivity index (χ4v) is 0.780. The van der Waals surface area contributed by atoms with Gasteiger partial charge in [-0.1, -0.05) is 0 Å². The summed E-state index contributed by atoms with van der Waals surface area (Å²) in [5.41, 5.74) is 0. The minimum absolute atomic E-state index is 0.123.